The lowest BCUT2D eigenvalue weighted by molar-refractivity contribution is 0.470. The normalized spacial score (nSPS) is 18.0. The van der Waals surface area contributed by atoms with E-state index in [9.17, 15) is 5.26 Å². The van der Waals surface area contributed by atoms with Gasteiger partial charge in [0.2, 0.25) is 0 Å². The molecule has 1 fully saturated rings. The van der Waals surface area contributed by atoms with Crippen molar-refractivity contribution in [1.82, 2.24) is 19.7 Å². The summed E-state index contributed by atoms with van der Waals surface area (Å²) in [6.45, 7) is 8.71. The fraction of sp³-hybridized carbons (Fsp3) is 0.529. The first kappa shape index (κ1) is 15.5. The second-order valence-corrected chi connectivity index (χ2v) is 6.15. The highest BCUT2D eigenvalue weighted by Crippen LogP contribution is 2.30. The smallest absolute Gasteiger partial charge is 0.147 e. The van der Waals surface area contributed by atoms with Crippen LogP contribution in [0.3, 0.4) is 0 Å². The summed E-state index contributed by atoms with van der Waals surface area (Å²) in [7, 11) is 0. The number of nitrogens with zero attached hydrogens (tertiary/aromatic N) is 6. The van der Waals surface area contributed by atoms with Gasteiger partial charge in [0.15, 0.2) is 0 Å². The van der Waals surface area contributed by atoms with Gasteiger partial charge in [-0.2, -0.15) is 5.26 Å². The molecule has 6 nitrogen and oxygen atoms in total. The molecule has 1 saturated heterocycles. The van der Waals surface area contributed by atoms with E-state index >= 15 is 0 Å². The zero-order valence-corrected chi connectivity index (χ0v) is 14.0. The summed E-state index contributed by atoms with van der Waals surface area (Å²) in [6.07, 6.45) is 3.96. The number of aromatic nitrogens is 4. The second-order valence-electron chi connectivity index (χ2n) is 6.15. The minimum Gasteiger partial charge on any atom is -0.355 e. The van der Waals surface area contributed by atoms with Gasteiger partial charge >= 0.3 is 0 Å². The van der Waals surface area contributed by atoms with Crippen LogP contribution in [-0.2, 0) is 6.54 Å². The molecule has 0 bridgehead atoms. The summed E-state index contributed by atoms with van der Waals surface area (Å²) in [5.41, 5.74) is 2.64. The first-order valence-electron chi connectivity index (χ1n) is 8.15. The van der Waals surface area contributed by atoms with E-state index in [1.807, 2.05) is 19.9 Å². The van der Waals surface area contributed by atoms with Crippen molar-refractivity contribution in [2.24, 2.45) is 0 Å². The quantitative estimate of drug-likeness (QED) is 0.871. The van der Waals surface area contributed by atoms with Gasteiger partial charge in [0.1, 0.15) is 24.0 Å². The number of rotatable bonds is 3. The minimum atomic E-state index is 0.334. The van der Waals surface area contributed by atoms with Gasteiger partial charge in [0.25, 0.3) is 0 Å². The lowest BCUT2D eigenvalue weighted by atomic mass is 9.96. The molecule has 0 amide bonds. The Morgan fingerprint density at radius 1 is 1.39 bits per heavy atom. The van der Waals surface area contributed by atoms with Gasteiger partial charge in [-0.3, -0.25) is 0 Å². The Morgan fingerprint density at radius 2 is 2.22 bits per heavy atom. The van der Waals surface area contributed by atoms with Crippen LogP contribution in [0.2, 0.25) is 0 Å². The average molecular weight is 310 g/mol. The number of hydrogen-bond donors (Lipinski definition) is 0. The van der Waals surface area contributed by atoms with E-state index < -0.39 is 0 Å². The van der Waals surface area contributed by atoms with Gasteiger partial charge < -0.3 is 9.47 Å². The molecule has 0 radical (unpaired) electrons. The molecular formula is C17H22N6. The van der Waals surface area contributed by atoms with E-state index in [1.165, 1.54) is 0 Å². The highest BCUT2D eigenvalue weighted by molar-refractivity contribution is 5.58. The van der Waals surface area contributed by atoms with E-state index in [1.54, 1.807) is 6.33 Å². The molecule has 3 heterocycles. The molecule has 0 spiro atoms. The molecular weight excluding hydrogens is 288 g/mol. The maximum atomic E-state index is 9.51. The Hall–Kier alpha value is -2.42. The van der Waals surface area contributed by atoms with Crippen LogP contribution >= 0.6 is 0 Å². The Labute approximate surface area is 136 Å². The first-order valence-corrected chi connectivity index (χ1v) is 8.15. The third-order valence-corrected chi connectivity index (χ3v) is 4.51. The lowest BCUT2D eigenvalue weighted by Crippen LogP contribution is -2.36. The van der Waals surface area contributed by atoms with Crippen LogP contribution < -0.4 is 4.90 Å². The predicted molar refractivity (Wildman–Crippen MR) is 88.3 cm³/mol. The third kappa shape index (κ3) is 2.91. The van der Waals surface area contributed by atoms with Crippen LogP contribution in [0.4, 0.5) is 5.82 Å². The first-order chi connectivity index (χ1) is 11.1. The summed E-state index contributed by atoms with van der Waals surface area (Å²) in [4.78, 5) is 6.88. The van der Waals surface area contributed by atoms with Gasteiger partial charge in [-0.25, -0.2) is 4.98 Å². The molecule has 1 aliphatic heterocycles. The molecule has 0 saturated carbocycles. The third-order valence-electron chi connectivity index (χ3n) is 4.51. The van der Waals surface area contributed by atoms with Crippen LogP contribution in [-0.4, -0.2) is 32.8 Å². The van der Waals surface area contributed by atoms with Gasteiger partial charge in [-0.1, -0.05) is 0 Å². The minimum absolute atomic E-state index is 0.334. The predicted octanol–water partition coefficient (Wildman–Crippen LogP) is 2.57. The molecule has 23 heavy (non-hydrogen) atoms. The summed E-state index contributed by atoms with van der Waals surface area (Å²) >= 11 is 0. The molecule has 0 aliphatic carbocycles. The molecule has 6 heteroatoms. The number of aryl methyl sites for hydroxylation is 3. The number of hydrogen-bond acceptors (Lipinski definition) is 5. The highest BCUT2D eigenvalue weighted by Gasteiger charge is 2.27. The van der Waals surface area contributed by atoms with Crippen molar-refractivity contribution in [3.05, 3.63) is 35.0 Å². The van der Waals surface area contributed by atoms with Gasteiger partial charge in [-0.05, 0) is 45.2 Å². The average Bonchev–Trinajstić information content (AvgIpc) is 3.03. The SMILES string of the molecule is CCn1cnnc1[C@H]1CCCN(c2nc(C)cc(C)c2C#N)C1. The Morgan fingerprint density at radius 3 is 2.96 bits per heavy atom. The van der Waals surface area contributed by atoms with Gasteiger partial charge in [0.05, 0.1) is 5.56 Å². The summed E-state index contributed by atoms with van der Waals surface area (Å²) in [5.74, 6) is 2.19. The van der Waals surface area contributed by atoms with Crippen LogP contribution in [0, 0.1) is 25.2 Å². The van der Waals surface area contributed by atoms with Crippen molar-refractivity contribution in [3.63, 3.8) is 0 Å². The monoisotopic (exact) mass is 310 g/mol. The largest absolute Gasteiger partial charge is 0.355 e. The van der Waals surface area contributed by atoms with Crippen molar-refractivity contribution in [2.45, 2.75) is 46.1 Å². The fourth-order valence-electron chi connectivity index (χ4n) is 3.39. The van der Waals surface area contributed by atoms with Crippen LogP contribution in [0.5, 0.6) is 0 Å². The molecule has 0 aromatic carbocycles. The second kappa shape index (κ2) is 6.37. The number of pyridine rings is 1. The summed E-state index contributed by atoms with van der Waals surface area (Å²) < 4.78 is 2.11. The standard InChI is InChI=1S/C17H22N6/c1-4-22-11-19-21-16(22)14-6-5-7-23(10-14)17-15(9-18)12(2)8-13(3)20-17/h8,11,14H,4-7,10H2,1-3H3/t14-/m0/s1. The Bertz CT molecular complexity index is 742. The fourth-order valence-corrected chi connectivity index (χ4v) is 3.39. The van der Waals surface area contributed by atoms with E-state index in [2.05, 4.69) is 37.6 Å². The number of nitriles is 1. The summed E-state index contributed by atoms with van der Waals surface area (Å²) in [5, 5.41) is 17.9. The molecule has 0 unspecified atom stereocenters. The van der Waals surface area contributed by atoms with E-state index in [4.69, 9.17) is 0 Å². The van der Waals surface area contributed by atoms with Crippen molar-refractivity contribution >= 4 is 5.82 Å². The molecule has 3 rings (SSSR count). The maximum absolute atomic E-state index is 9.51. The Balaban J connectivity index is 1.92. The molecule has 1 atom stereocenters. The topological polar surface area (TPSA) is 70.6 Å². The lowest BCUT2D eigenvalue weighted by Gasteiger charge is -2.34. The number of piperidine rings is 1. The van der Waals surface area contributed by atoms with E-state index in [-0.39, 0.29) is 0 Å². The molecule has 2 aromatic heterocycles. The van der Waals surface area contributed by atoms with Gasteiger partial charge in [0, 0.05) is 31.2 Å². The van der Waals surface area contributed by atoms with Gasteiger partial charge in [-0.15, -0.1) is 10.2 Å². The zero-order valence-electron chi connectivity index (χ0n) is 14.0. The highest BCUT2D eigenvalue weighted by atomic mass is 15.3. The van der Waals surface area contributed by atoms with Crippen molar-refractivity contribution < 1.29 is 0 Å². The maximum Gasteiger partial charge on any atom is 0.147 e. The molecule has 2 aromatic rings. The van der Waals surface area contributed by atoms with Crippen LogP contribution in [0.1, 0.15) is 48.3 Å². The zero-order chi connectivity index (χ0) is 16.4. The summed E-state index contributed by atoms with van der Waals surface area (Å²) in [6, 6.07) is 4.29. The van der Waals surface area contributed by atoms with Crippen molar-refractivity contribution in [2.75, 3.05) is 18.0 Å². The Kier molecular flexibility index (Phi) is 4.28. The van der Waals surface area contributed by atoms with Crippen LogP contribution in [0.15, 0.2) is 12.4 Å². The number of anilines is 1. The van der Waals surface area contributed by atoms with E-state index in [0.717, 1.165) is 55.4 Å². The molecule has 1 aliphatic rings. The molecule has 0 N–H and O–H groups in total. The molecule has 120 valence electrons. The van der Waals surface area contributed by atoms with E-state index in [0.29, 0.717) is 11.5 Å². The van der Waals surface area contributed by atoms with Crippen LogP contribution in [0.25, 0.3) is 0 Å². The van der Waals surface area contributed by atoms with Crippen molar-refractivity contribution in [3.8, 4) is 6.07 Å². The van der Waals surface area contributed by atoms with Crippen molar-refractivity contribution in [1.29, 1.82) is 5.26 Å².